The Hall–Kier alpha value is -2.22. The van der Waals surface area contributed by atoms with Crippen molar-refractivity contribution in [2.75, 3.05) is 26.2 Å². The molecular formula is C17H26N6O2. The Morgan fingerprint density at radius 3 is 2.56 bits per heavy atom. The maximum Gasteiger partial charge on any atom is 0.245 e. The number of rotatable bonds is 5. The predicted molar refractivity (Wildman–Crippen MR) is 91.9 cm³/mol. The Morgan fingerprint density at radius 2 is 1.96 bits per heavy atom. The van der Waals surface area contributed by atoms with Crippen LogP contribution in [0, 0.1) is 6.92 Å². The zero-order chi connectivity index (χ0) is 18.0. The lowest BCUT2D eigenvalue weighted by Crippen LogP contribution is -2.50. The summed E-state index contributed by atoms with van der Waals surface area (Å²) < 4.78 is 7.00. The number of carbonyl (C=O) groups is 1. The molecule has 2 aromatic heterocycles. The Morgan fingerprint density at radius 1 is 1.24 bits per heavy atom. The number of hydrogen-bond donors (Lipinski definition) is 0. The topological polar surface area (TPSA) is 80.3 Å². The van der Waals surface area contributed by atoms with Gasteiger partial charge in [0.15, 0.2) is 5.82 Å². The summed E-state index contributed by atoms with van der Waals surface area (Å²) in [5.41, 5.74) is 0. The van der Waals surface area contributed by atoms with Gasteiger partial charge in [0, 0.05) is 51.4 Å². The fraction of sp³-hybridized carbons (Fsp3) is 0.647. The molecule has 0 aromatic carbocycles. The van der Waals surface area contributed by atoms with E-state index in [0.717, 1.165) is 18.9 Å². The summed E-state index contributed by atoms with van der Waals surface area (Å²) in [5, 5.41) is 3.93. The summed E-state index contributed by atoms with van der Waals surface area (Å²) in [5.74, 6) is 2.67. The number of aromatic nitrogens is 4. The van der Waals surface area contributed by atoms with Gasteiger partial charge in [-0.2, -0.15) is 4.98 Å². The van der Waals surface area contributed by atoms with Crippen molar-refractivity contribution >= 4 is 5.91 Å². The second-order valence-electron chi connectivity index (χ2n) is 6.85. The monoisotopic (exact) mass is 346 g/mol. The van der Waals surface area contributed by atoms with Crippen LogP contribution in [0.5, 0.6) is 0 Å². The molecule has 0 spiro atoms. The van der Waals surface area contributed by atoms with Crippen molar-refractivity contribution in [1.82, 2.24) is 29.5 Å². The molecule has 0 N–H and O–H groups in total. The molecule has 25 heavy (non-hydrogen) atoms. The van der Waals surface area contributed by atoms with E-state index in [4.69, 9.17) is 4.52 Å². The summed E-state index contributed by atoms with van der Waals surface area (Å²) >= 11 is 0. The molecule has 0 aliphatic carbocycles. The smallest absolute Gasteiger partial charge is 0.245 e. The SMILES string of the molecule is Cc1nc(CN2CCN(C(=O)C(C)n3ccnc3C(C)C)CC2)no1. The standard InChI is InChI=1S/C17H26N6O2/c1-12(2)16-18-5-6-23(16)13(3)17(24)22-9-7-21(8-10-22)11-15-19-14(4)25-20-15/h5-6,12-13H,7-11H2,1-4H3. The highest BCUT2D eigenvalue weighted by molar-refractivity contribution is 5.80. The molecule has 3 rings (SSSR count). The van der Waals surface area contributed by atoms with Gasteiger partial charge in [0.1, 0.15) is 11.9 Å². The Balaban J connectivity index is 1.56. The molecule has 1 aliphatic rings. The minimum Gasteiger partial charge on any atom is -0.340 e. The maximum absolute atomic E-state index is 12.9. The molecule has 1 fully saturated rings. The first-order valence-corrected chi connectivity index (χ1v) is 8.78. The van der Waals surface area contributed by atoms with Crippen molar-refractivity contribution in [3.8, 4) is 0 Å². The first-order chi connectivity index (χ1) is 12.0. The molecule has 8 nitrogen and oxygen atoms in total. The molecule has 1 atom stereocenters. The number of amides is 1. The van der Waals surface area contributed by atoms with Gasteiger partial charge in [-0.15, -0.1) is 0 Å². The molecule has 1 amide bonds. The van der Waals surface area contributed by atoms with Gasteiger partial charge < -0.3 is 14.0 Å². The summed E-state index contributed by atoms with van der Waals surface area (Å²) in [6.45, 7) is 11.6. The molecule has 1 unspecified atom stereocenters. The van der Waals surface area contributed by atoms with Gasteiger partial charge >= 0.3 is 0 Å². The van der Waals surface area contributed by atoms with Crippen LogP contribution in [0.4, 0.5) is 0 Å². The maximum atomic E-state index is 12.9. The van der Waals surface area contributed by atoms with E-state index in [1.54, 1.807) is 13.1 Å². The first kappa shape index (κ1) is 17.6. The van der Waals surface area contributed by atoms with Crippen LogP contribution in [-0.4, -0.2) is 61.6 Å². The Labute approximate surface area is 147 Å². The normalized spacial score (nSPS) is 17.2. The van der Waals surface area contributed by atoms with Gasteiger partial charge in [0.05, 0.1) is 6.54 Å². The molecule has 1 saturated heterocycles. The van der Waals surface area contributed by atoms with Crippen molar-refractivity contribution in [1.29, 1.82) is 0 Å². The summed E-state index contributed by atoms with van der Waals surface area (Å²) in [6.07, 6.45) is 3.66. The lowest BCUT2D eigenvalue weighted by atomic mass is 10.2. The average molecular weight is 346 g/mol. The quantitative estimate of drug-likeness (QED) is 0.818. The summed E-state index contributed by atoms with van der Waals surface area (Å²) in [7, 11) is 0. The zero-order valence-electron chi connectivity index (χ0n) is 15.3. The number of hydrogen-bond acceptors (Lipinski definition) is 6. The van der Waals surface area contributed by atoms with Gasteiger partial charge in [0.25, 0.3) is 0 Å². The lowest BCUT2D eigenvalue weighted by molar-refractivity contribution is -0.136. The average Bonchev–Trinajstić information content (AvgIpc) is 3.23. The first-order valence-electron chi connectivity index (χ1n) is 8.78. The fourth-order valence-electron chi connectivity index (χ4n) is 3.21. The van der Waals surface area contributed by atoms with Crippen LogP contribution in [0.25, 0.3) is 0 Å². The van der Waals surface area contributed by atoms with E-state index in [9.17, 15) is 4.79 Å². The van der Waals surface area contributed by atoms with Crippen LogP contribution in [0.15, 0.2) is 16.9 Å². The van der Waals surface area contributed by atoms with Crippen molar-refractivity contribution in [2.24, 2.45) is 0 Å². The summed E-state index contributed by atoms with van der Waals surface area (Å²) in [6, 6.07) is -0.230. The van der Waals surface area contributed by atoms with E-state index in [-0.39, 0.29) is 11.9 Å². The Kier molecular flexibility index (Phi) is 5.17. The highest BCUT2D eigenvalue weighted by atomic mass is 16.5. The molecule has 3 heterocycles. The largest absolute Gasteiger partial charge is 0.340 e. The molecule has 0 saturated carbocycles. The van der Waals surface area contributed by atoms with Crippen LogP contribution < -0.4 is 0 Å². The van der Waals surface area contributed by atoms with E-state index in [1.165, 1.54) is 0 Å². The van der Waals surface area contributed by atoms with Crippen molar-refractivity contribution in [3.63, 3.8) is 0 Å². The van der Waals surface area contributed by atoms with Crippen LogP contribution in [0.2, 0.25) is 0 Å². The zero-order valence-corrected chi connectivity index (χ0v) is 15.3. The number of carbonyl (C=O) groups excluding carboxylic acids is 1. The van der Waals surface area contributed by atoms with Gasteiger partial charge in [-0.1, -0.05) is 19.0 Å². The van der Waals surface area contributed by atoms with Crippen LogP contribution >= 0.6 is 0 Å². The van der Waals surface area contributed by atoms with E-state index in [0.29, 0.717) is 37.3 Å². The third kappa shape index (κ3) is 3.89. The molecule has 0 radical (unpaired) electrons. The highest BCUT2D eigenvalue weighted by Crippen LogP contribution is 2.19. The van der Waals surface area contributed by atoms with Gasteiger partial charge in [-0.05, 0) is 6.92 Å². The third-order valence-corrected chi connectivity index (χ3v) is 4.61. The number of imidazole rings is 1. The van der Waals surface area contributed by atoms with E-state index < -0.39 is 0 Å². The lowest BCUT2D eigenvalue weighted by Gasteiger charge is -2.35. The molecule has 136 valence electrons. The second kappa shape index (κ2) is 7.35. The van der Waals surface area contributed by atoms with Gasteiger partial charge in [-0.25, -0.2) is 4.98 Å². The molecular weight excluding hydrogens is 320 g/mol. The van der Waals surface area contributed by atoms with Crippen LogP contribution in [-0.2, 0) is 11.3 Å². The van der Waals surface area contributed by atoms with Gasteiger partial charge in [0.2, 0.25) is 11.8 Å². The van der Waals surface area contributed by atoms with Crippen LogP contribution in [0.1, 0.15) is 50.3 Å². The third-order valence-electron chi connectivity index (χ3n) is 4.61. The van der Waals surface area contributed by atoms with Crippen LogP contribution in [0.3, 0.4) is 0 Å². The fourth-order valence-corrected chi connectivity index (χ4v) is 3.21. The molecule has 1 aliphatic heterocycles. The predicted octanol–water partition coefficient (Wildman–Crippen LogP) is 1.60. The minimum absolute atomic E-state index is 0.148. The van der Waals surface area contributed by atoms with Crippen molar-refractivity contribution in [2.45, 2.75) is 46.2 Å². The van der Waals surface area contributed by atoms with Crippen molar-refractivity contribution < 1.29 is 9.32 Å². The van der Waals surface area contributed by atoms with Crippen molar-refractivity contribution in [3.05, 3.63) is 29.9 Å². The van der Waals surface area contributed by atoms with Gasteiger partial charge in [-0.3, -0.25) is 9.69 Å². The molecule has 8 heteroatoms. The number of nitrogens with zero attached hydrogens (tertiary/aromatic N) is 6. The second-order valence-corrected chi connectivity index (χ2v) is 6.85. The van der Waals surface area contributed by atoms with E-state index >= 15 is 0 Å². The van der Waals surface area contributed by atoms with E-state index in [2.05, 4.69) is 33.9 Å². The number of aryl methyl sites for hydroxylation is 1. The molecule has 0 bridgehead atoms. The number of piperazine rings is 1. The molecule has 2 aromatic rings. The highest BCUT2D eigenvalue weighted by Gasteiger charge is 2.27. The summed E-state index contributed by atoms with van der Waals surface area (Å²) in [4.78, 5) is 25.7. The van der Waals surface area contributed by atoms with E-state index in [1.807, 2.05) is 22.6 Å². The minimum atomic E-state index is -0.230. The Bertz CT molecular complexity index is 714.